The lowest BCUT2D eigenvalue weighted by molar-refractivity contribution is -0.150. The number of hydrogen-bond acceptors (Lipinski definition) is 5. The number of rotatable bonds is 40. The van der Waals surface area contributed by atoms with Gasteiger partial charge in [-0.3, -0.25) is 9.59 Å². The van der Waals surface area contributed by atoms with Gasteiger partial charge in [0.1, 0.15) is 11.9 Å². The highest BCUT2D eigenvalue weighted by molar-refractivity contribution is 5.70. The maximum Gasteiger partial charge on any atom is 0.306 e. The van der Waals surface area contributed by atoms with Crippen LogP contribution >= 0.6 is 0 Å². The largest absolute Gasteiger partial charge is 0.460 e. The summed E-state index contributed by atoms with van der Waals surface area (Å²) in [5.41, 5.74) is 0.822. The van der Waals surface area contributed by atoms with Gasteiger partial charge in [-0.1, -0.05) is 226 Å². The lowest BCUT2D eigenvalue weighted by Crippen LogP contribution is -2.27. The summed E-state index contributed by atoms with van der Waals surface area (Å²) in [4.78, 5) is 38.6. The van der Waals surface area contributed by atoms with E-state index in [0.717, 1.165) is 57.2 Å². The topological polar surface area (TPSA) is 89.9 Å². The van der Waals surface area contributed by atoms with Crippen LogP contribution in [0.3, 0.4) is 0 Å². The van der Waals surface area contributed by atoms with Crippen LogP contribution in [0.5, 0.6) is 0 Å². The molecule has 0 bridgehead atoms. The van der Waals surface area contributed by atoms with Gasteiger partial charge in [0.2, 0.25) is 0 Å². The van der Waals surface area contributed by atoms with Crippen LogP contribution in [0.4, 0.5) is 0 Å². The lowest BCUT2D eigenvalue weighted by atomic mass is 10.0. The van der Waals surface area contributed by atoms with E-state index in [2.05, 4.69) is 30.7 Å². The highest BCUT2D eigenvalue weighted by Crippen LogP contribution is 2.26. The Balaban J connectivity index is 1.73. The molecule has 0 aliphatic carbocycles. The second-order valence-electron chi connectivity index (χ2n) is 17.3. The minimum Gasteiger partial charge on any atom is -0.460 e. The smallest absolute Gasteiger partial charge is 0.306 e. The number of hydrogen-bond donors (Lipinski definition) is 1. The Hall–Kier alpha value is -2.18. The fourth-order valence-corrected chi connectivity index (χ4v) is 8.36. The maximum absolute atomic E-state index is 13.1. The van der Waals surface area contributed by atoms with E-state index < -0.39 is 0 Å². The summed E-state index contributed by atoms with van der Waals surface area (Å²) >= 11 is 0. The summed E-state index contributed by atoms with van der Waals surface area (Å²) in [7, 11) is 0. The van der Waals surface area contributed by atoms with Crippen LogP contribution in [0.15, 0.2) is 11.1 Å². The van der Waals surface area contributed by atoms with E-state index in [4.69, 9.17) is 9.72 Å². The van der Waals surface area contributed by atoms with Gasteiger partial charge in [-0.25, -0.2) is 9.97 Å². The predicted molar refractivity (Wildman–Crippen MR) is 240 cm³/mol. The van der Waals surface area contributed by atoms with E-state index in [0.29, 0.717) is 17.6 Å². The molecule has 0 amide bonds. The number of unbranched alkanes of at least 4 members (excludes halogenated alkanes) is 31. The zero-order valence-electron chi connectivity index (χ0n) is 37.5. The molecule has 0 aromatic carbocycles. The Labute approximate surface area is 345 Å². The third kappa shape index (κ3) is 23.9. The number of esters is 1. The van der Waals surface area contributed by atoms with Crippen molar-refractivity contribution in [2.24, 2.45) is 0 Å². The molecule has 0 aliphatic heterocycles. The van der Waals surface area contributed by atoms with Crippen LogP contribution < -0.4 is 5.56 Å². The predicted octanol–water partition coefficient (Wildman–Crippen LogP) is 15.2. The Morgan fingerprint density at radius 1 is 0.589 bits per heavy atom. The number of carbonyl (C=O) groups excluding carboxylic acids is 1. The molecule has 324 valence electrons. The molecular weight excluding hydrogens is 693 g/mol. The SMILES string of the molecule is CCCCCCCCCCCCCCCCCC(=O)OC(C)C(CCCCCC)n1cnc2c(=O)[nH]c(CCCCCCCCCCCCCCCCC)nc21. The zero-order chi connectivity index (χ0) is 40.3. The first-order valence-electron chi connectivity index (χ1n) is 24.7. The summed E-state index contributed by atoms with van der Waals surface area (Å²) < 4.78 is 8.11. The number of ether oxygens (including phenoxy) is 1. The van der Waals surface area contributed by atoms with Crippen LogP contribution in [0.2, 0.25) is 0 Å². The zero-order valence-corrected chi connectivity index (χ0v) is 37.5. The van der Waals surface area contributed by atoms with E-state index in [9.17, 15) is 9.59 Å². The van der Waals surface area contributed by atoms with Gasteiger partial charge in [0.05, 0.1) is 12.4 Å². The van der Waals surface area contributed by atoms with Crippen molar-refractivity contribution in [3.8, 4) is 0 Å². The number of aromatic amines is 1. The molecule has 0 radical (unpaired) electrons. The van der Waals surface area contributed by atoms with Crippen LogP contribution in [0.1, 0.15) is 271 Å². The molecule has 2 aromatic rings. The van der Waals surface area contributed by atoms with E-state index in [-0.39, 0.29) is 23.7 Å². The molecule has 2 unspecified atom stereocenters. The van der Waals surface area contributed by atoms with Crippen molar-refractivity contribution in [3.63, 3.8) is 0 Å². The number of imidazole rings is 1. The molecule has 0 saturated carbocycles. The quantitative estimate of drug-likeness (QED) is 0.0537. The molecule has 0 fully saturated rings. The first-order chi connectivity index (χ1) is 27.5. The molecule has 0 saturated heterocycles. The van der Waals surface area contributed by atoms with Crippen molar-refractivity contribution in [1.82, 2.24) is 19.5 Å². The van der Waals surface area contributed by atoms with E-state index >= 15 is 0 Å². The number of aromatic nitrogens is 4. The van der Waals surface area contributed by atoms with Crippen LogP contribution in [-0.4, -0.2) is 31.6 Å². The van der Waals surface area contributed by atoms with Crippen molar-refractivity contribution in [3.05, 3.63) is 22.5 Å². The van der Waals surface area contributed by atoms with Crippen LogP contribution in [0, 0.1) is 0 Å². The van der Waals surface area contributed by atoms with Crippen molar-refractivity contribution < 1.29 is 9.53 Å². The molecule has 2 rings (SSSR count). The van der Waals surface area contributed by atoms with Crippen molar-refractivity contribution >= 4 is 17.1 Å². The Kier molecular flexibility index (Phi) is 31.1. The summed E-state index contributed by atoms with van der Waals surface area (Å²) in [6.07, 6.45) is 47.7. The lowest BCUT2D eigenvalue weighted by Gasteiger charge is -2.26. The summed E-state index contributed by atoms with van der Waals surface area (Å²) in [6.45, 7) is 8.79. The number of nitrogens with one attached hydrogen (secondary N) is 1. The van der Waals surface area contributed by atoms with Gasteiger partial charge < -0.3 is 14.3 Å². The summed E-state index contributed by atoms with van der Waals surface area (Å²) in [5.74, 6) is 0.622. The second-order valence-corrected chi connectivity index (χ2v) is 17.3. The van der Waals surface area contributed by atoms with Gasteiger partial charge in [-0.05, 0) is 26.2 Å². The van der Waals surface area contributed by atoms with Gasteiger partial charge in [0, 0.05) is 12.8 Å². The maximum atomic E-state index is 13.1. The highest BCUT2D eigenvalue weighted by Gasteiger charge is 2.25. The van der Waals surface area contributed by atoms with Gasteiger partial charge in [-0.2, -0.15) is 0 Å². The van der Waals surface area contributed by atoms with Crippen LogP contribution in [-0.2, 0) is 16.0 Å². The minimum atomic E-state index is -0.321. The molecule has 0 aliphatic rings. The average Bonchev–Trinajstić information content (AvgIpc) is 3.62. The second kappa shape index (κ2) is 34.8. The Bertz CT molecular complexity index is 1260. The van der Waals surface area contributed by atoms with E-state index in [1.54, 1.807) is 6.33 Å². The number of fused-ring (bicyclic) bond motifs is 1. The standard InChI is InChI=1S/C49H90N4O3/c1-5-8-11-14-16-18-20-22-24-26-28-30-32-34-37-40-45-51-48-47(49(55)52-45)50-42-53(48)44(39-36-13-10-7-3)43(4)56-46(54)41-38-35-33-31-29-27-25-23-21-19-17-15-12-9-6-2/h42-44H,5-41H2,1-4H3,(H,51,52,55). The molecule has 2 heterocycles. The molecular formula is C49H90N4O3. The first kappa shape index (κ1) is 50.0. The summed E-state index contributed by atoms with van der Waals surface area (Å²) in [5, 5.41) is 0. The fourth-order valence-electron chi connectivity index (χ4n) is 8.36. The van der Waals surface area contributed by atoms with Gasteiger partial charge in [-0.15, -0.1) is 0 Å². The number of H-pyrrole nitrogens is 1. The third-order valence-electron chi connectivity index (χ3n) is 12.1. The number of nitrogens with zero attached hydrogens (tertiary/aromatic N) is 3. The Morgan fingerprint density at radius 3 is 1.43 bits per heavy atom. The van der Waals surface area contributed by atoms with Crippen molar-refractivity contribution in [2.45, 2.75) is 277 Å². The van der Waals surface area contributed by atoms with Crippen LogP contribution in [0.25, 0.3) is 11.2 Å². The van der Waals surface area contributed by atoms with Crippen molar-refractivity contribution in [1.29, 1.82) is 0 Å². The normalized spacial score (nSPS) is 12.8. The average molecular weight is 783 g/mol. The monoisotopic (exact) mass is 783 g/mol. The summed E-state index contributed by atoms with van der Waals surface area (Å²) in [6, 6.07) is -0.102. The van der Waals surface area contributed by atoms with E-state index in [1.807, 2.05) is 11.5 Å². The van der Waals surface area contributed by atoms with Gasteiger partial charge in [0.25, 0.3) is 5.56 Å². The highest BCUT2D eigenvalue weighted by atomic mass is 16.5. The fraction of sp³-hybridized carbons (Fsp3) is 0.878. The van der Waals surface area contributed by atoms with Crippen molar-refractivity contribution in [2.75, 3.05) is 0 Å². The first-order valence-corrected chi connectivity index (χ1v) is 24.7. The number of carbonyl (C=O) groups is 1. The third-order valence-corrected chi connectivity index (χ3v) is 12.1. The molecule has 1 N–H and O–H groups in total. The minimum absolute atomic E-state index is 0.102. The molecule has 2 aromatic heterocycles. The van der Waals surface area contributed by atoms with Gasteiger partial charge >= 0.3 is 5.97 Å². The molecule has 7 heteroatoms. The van der Waals surface area contributed by atoms with E-state index in [1.165, 1.54) is 180 Å². The molecule has 0 spiro atoms. The van der Waals surface area contributed by atoms with Gasteiger partial charge in [0.15, 0.2) is 11.2 Å². The molecule has 56 heavy (non-hydrogen) atoms. The number of aryl methyl sites for hydroxylation is 1. The molecule has 2 atom stereocenters. The molecule has 7 nitrogen and oxygen atoms in total. The Morgan fingerprint density at radius 2 is 0.982 bits per heavy atom.